The molecule has 1 saturated carbocycles. The summed E-state index contributed by atoms with van der Waals surface area (Å²) in [5.41, 5.74) is -1.21. The Morgan fingerprint density at radius 1 is 1.14 bits per heavy atom. The standard InChI is InChI=1S/C19H38N4O4S/c1-8-19(9-2,23-16(24)27-17(3,4)5)13-22-15(20-6)21-12-18(10-11-18)14-28(7,25)26/h8-14H2,1-7H3,(H,23,24)(H2,20,21,22). The summed E-state index contributed by atoms with van der Waals surface area (Å²) in [5.74, 6) is 0.787. The molecule has 1 rings (SSSR count). The molecule has 0 radical (unpaired) electrons. The Balaban J connectivity index is 2.64. The van der Waals surface area contributed by atoms with Crippen LogP contribution in [0.25, 0.3) is 0 Å². The number of guanidine groups is 1. The number of nitrogens with zero attached hydrogens (tertiary/aromatic N) is 1. The van der Waals surface area contributed by atoms with E-state index in [1.165, 1.54) is 6.26 Å². The van der Waals surface area contributed by atoms with Gasteiger partial charge in [0.05, 0.1) is 11.3 Å². The molecule has 0 aromatic heterocycles. The molecule has 1 aliphatic rings. The van der Waals surface area contributed by atoms with E-state index in [0.717, 1.165) is 25.7 Å². The predicted octanol–water partition coefficient (Wildman–Crippen LogP) is 2.06. The van der Waals surface area contributed by atoms with Crippen LogP contribution in [0.15, 0.2) is 4.99 Å². The van der Waals surface area contributed by atoms with Crippen LogP contribution in [0.3, 0.4) is 0 Å². The van der Waals surface area contributed by atoms with Gasteiger partial charge in [-0.25, -0.2) is 13.2 Å². The number of rotatable bonds is 9. The van der Waals surface area contributed by atoms with E-state index in [4.69, 9.17) is 4.74 Å². The van der Waals surface area contributed by atoms with Gasteiger partial charge in [-0.1, -0.05) is 13.8 Å². The molecule has 0 unspecified atom stereocenters. The van der Waals surface area contributed by atoms with Gasteiger partial charge >= 0.3 is 6.09 Å². The minimum Gasteiger partial charge on any atom is -0.444 e. The summed E-state index contributed by atoms with van der Waals surface area (Å²) in [4.78, 5) is 16.5. The average Bonchev–Trinajstić information content (AvgIpc) is 3.29. The van der Waals surface area contributed by atoms with Crippen molar-refractivity contribution in [2.45, 2.75) is 71.4 Å². The van der Waals surface area contributed by atoms with Crippen molar-refractivity contribution in [3.05, 3.63) is 0 Å². The van der Waals surface area contributed by atoms with Crippen molar-refractivity contribution in [3.8, 4) is 0 Å². The fourth-order valence-electron chi connectivity index (χ4n) is 3.09. The summed E-state index contributed by atoms with van der Waals surface area (Å²) >= 11 is 0. The van der Waals surface area contributed by atoms with Crippen molar-refractivity contribution in [3.63, 3.8) is 0 Å². The van der Waals surface area contributed by atoms with Crippen molar-refractivity contribution >= 4 is 21.9 Å². The highest BCUT2D eigenvalue weighted by Gasteiger charge is 2.45. The maximum Gasteiger partial charge on any atom is 0.408 e. The maximum absolute atomic E-state index is 12.2. The van der Waals surface area contributed by atoms with Gasteiger partial charge < -0.3 is 20.7 Å². The van der Waals surface area contributed by atoms with E-state index in [0.29, 0.717) is 19.0 Å². The van der Waals surface area contributed by atoms with E-state index in [-0.39, 0.29) is 11.2 Å². The molecule has 8 nitrogen and oxygen atoms in total. The normalized spacial score (nSPS) is 17.0. The Morgan fingerprint density at radius 3 is 2.11 bits per heavy atom. The highest BCUT2D eigenvalue weighted by atomic mass is 32.2. The predicted molar refractivity (Wildman–Crippen MR) is 113 cm³/mol. The molecule has 1 amide bonds. The van der Waals surface area contributed by atoms with E-state index < -0.39 is 27.1 Å². The zero-order chi connectivity index (χ0) is 21.6. The lowest BCUT2D eigenvalue weighted by atomic mass is 9.93. The smallest absolute Gasteiger partial charge is 0.408 e. The third kappa shape index (κ3) is 8.67. The van der Waals surface area contributed by atoms with Gasteiger partial charge in [-0.05, 0) is 46.5 Å². The summed E-state index contributed by atoms with van der Waals surface area (Å²) in [6.07, 6.45) is 4.09. The number of amides is 1. The fraction of sp³-hybridized carbons (Fsp3) is 0.895. The van der Waals surface area contributed by atoms with E-state index in [9.17, 15) is 13.2 Å². The molecule has 0 aromatic carbocycles. The zero-order valence-corrected chi connectivity index (χ0v) is 19.3. The highest BCUT2D eigenvalue weighted by molar-refractivity contribution is 7.90. The first-order chi connectivity index (χ1) is 12.8. The number of aliphatic imine (C=N–C) groups is 1. The van der Waals surface area contributed by atoms with Crippen LogP contribution in [0, 0.1) is 5.41 Å². The van der Waals surface area contributed by atoms with Gasteiger partial charge in [0.1, 0.15) is 15.4 Å². The lowest BCUT2D eigenvalue weighted by Crippen LogP contribution is -2.57. The number of nitrogens with one attached hydrogen (secondary N) is 3. The van der Waals surface area contributed by atoms with Crippen LogP contribution >= 0.6 is 0 Å². The van der Waals surface area contributed by atoms with Gasteiger partial charge in [-0.2, -0.15) is 0 Å². The lowest BCUT2D eigenvalue weighted by molar-refractivity contribution is 0.0448. The topological polar surface area (TPSA) is 109 Å². The number of hydrogen-bond donors (Lipinski definition) is 3. The van der Waals surface area contributed by atoms with Crippen LogP contribution in [-0.4, -0.2) is 63.8 Å². The SMILES string of the molecule is CCC(CC)(CNC(=NC)NCC1(CS(C)(=O)=O)CC1)NC(=O)OC(C)(C)C. The molecule has 0 atom stereocenters. The molecule has 28 heavy (non-hydrogen) atoms. The molecule has 0 aromatic rings. The molecule has 164 valence electrons. The van der Waals surface area contributed by atoms with Crippen LogP contribution in [0.5, 0.6) is 0 Å². The number of ether oxygens (including phenoxy) is 1. The summed E-state index contributed by atoms with van der Waals surface area (Å²) in [6, 6.07) is 0. The van der Waals surface area contributed by atoms with Crippen molar-refractivity contribution in [1.29, 1.82) is 0 Å². The quantitative estimate of drug-likeness (QED) is 0.391. The second kappa shape index (κ2) is 9.33. The third-order valence-corrected chi connectivity index (χ3v) is 6.23. The Labute approximate surface area is 170 Å². The van der Waals surface area contributed by atoms with E-state index >= 15 is 0 Å². The van der Waals surface area contributed by atoms with Crippen LogP contribution in [0.4, 0.5) is 4.79 Å². The Hall–Kier alpha value is -1.51. The molecular weight excluding hydrogens is 380 g/mol. The molecule has 0 heterocycles. The Morgan fingerprint density at radius 2 is 1.71 bits per heavy atom. The third-order valence-electron chi connectivity index (χ3n) is 5.09. The largest absolute Gasteiger partial charge is 0.444 e. The van der Waals surface area contributed by atoms with E-state index in [1.807, 2.05) is 34.6 Å². The first-order valence-electron chi connectivity index (χ1n) is 9.91. The number of sulfone groups is 1. The molecule has 0 bridgehead atoms. The van der Waals surface area contributed by atoms with Crippen molar-refractivity contribution in [1.82, 2.24) is 16.0 Å². The van der Waals surface area contributed by atoms with Gasteiger partial charge in [0.15, 0.2) is 5.96 Å². The monoisotopic (exact) mass is 418 g/mol. The first-order valence-corrected chi connectivity index (χ1v) is 12.0. The molecule has 9 heteroatoms. The molecular formula is C19H38N4O4S. The Kier molecular flexibility index (Phi) is 8.17. The van der Waals surface area contributed by atoms with E-state index in [2.05, 4.69) is 20.9 Å². The summed E-state index contributed by atoms with van der Waals surface area (Å²) in [6.45, 7) is 10.6. The van der Waals surface area contributed by atoms with Crippen LogP contribution in [0.1, 0.15) is 60.3 Å². The minimum absolute atomic E-state index is 0.188. The lowest BCUT2D eigenvalue weighted by Gasteiger charge is -2.34. The van der Waals surface area contributed by atoms with Crippen molar-refractivity contribution < 1.29 is 17.9 Å². The first kappa shape index (κ1) is 24.5. The maximum atomic E-state index is 12.2. The number of carbonyl (C=O) groups excluding carboxylic acids is 1. The molecule has 0 saturated heterocycles. The molecule has 1 fully saturated rings. The minimum atomic E-state index is -3.01. The molecule has 0 aliphatic heterocycles. The van der Waals surface area contributed by atoms with Crippen LogP contribution in [-0.2, 0) is 14.6 Å². The number of hydrogen-bond acceptors (Lipinski definition) is 5. The van der Waals surface area contributed by atoms with Gasteiger partial charge in [0.2, 0.25) is 0 Å². The number of carbonyl (C=O) groups is 1. The van der Waals surface area contributed by atoms with Gasteiger partial charge in [-0.15, -0.1) is 0 Å². The van der Waals surface area contributed by atoms with E-state index in [1.54, 1.807) is 7.05 Å². The number of alkyl carbamates (subject to hydrolysis) is 1. The Bertz CT molecular complexity index is 660. The second-order valence-corrected chi connectivity index (χ2v) is 11.1. The summed E-state index contributed by atoms with van der Waals surface area (Å²) in [5, 5.41) is 9.50. The van der Waals surface area contributed by atoms with Crippen molar-refractivity contribution in [2.75, 3.05) is 32.1 Å². The van der Waals surface area contributed by atoms with Gasteiger partial charge in [-0.3, -0.25) is 4.99 Å². The highest BCUT2D eigenvalue weighted by Crippen LogP contribution is 2.45. The molecule has 0 spiro atoms. The fourth-order valence-corrected chi connectivity index (χ4v) is 4.59. The average molecular weight is 419 g/mol. The van der Waals surface area contributed by atoms with Crippen molar-refractivity contribution in [2.24, 2.45) is 10.4 Å². The molecule has 1 aliphatic carbocycles. The second-order valence-electron chi connectivity index (χ2n) is 8.96. The zero-order valence-electron chi connectivity index (χ0n) is 18.4. The van der Waals surface area contributed by atoms with Gasteiger partial charge in [0, 0.05) is 31.8 Å². The molecule has 3 N–H and O–H groups in total. The van der Waals surface area contributed by atoms with Crippen LogP contribution < -0.4 is 16.0 Å². The van der Waals surface area contributed by atoms with Crippen LogP contribution in [0.2, 0.25) is 0 Å². The summed E-state index contributed by atoms with van der Waals surface area (Å²) < 4.78 is 28.6. The van der Waals surface area contributed by atoms with Gasteiger partial charge in [0.25, 0.3) is 0 Å². The summed E-state index contributed by atoms with van der Waals surface area (Å²) in [7, 11) is -1.33.